The molecule has 0 radical (unpaired) electrons. The van der Waals surface area contributed by atoms with E-state index in [1.807, 2.05) is 13.0 Å². The predicted octanol–water partition coefficient (Wildman–Crippen LogP) is 1.47. The van der Waals surface area contributed by atoms with Gasteiger partial charge < -0.3 is 0 Å². The average Bonchev–Trinajstić information content (AvgIpc) is 2.53. The van der Waals surface area contributed by atoms with Gasteiger partial charge in [-0.15, -0.1) is 0 Å². The molecule has 0 aliphatic rings. The van der Waals surface area contributed by atoms with E-state index in [-0.39, 0.29) is 11.5 Å². The van der Waals surface area contributed by atoms with E-state index in [1.54, 1.807) is 35.4 Å². The zero-order chi connectivity index (χ0) is 11.9. The van der Waals surface area contributed by atoms with Crippen LogP contribution in [0.4, 0.5) is 0 Å². The Kier molecular flexibility index (Phi) is 2.42. The minimum Gasteiger partial charge on any atom is -0.295 e. The number of aryl methyl sites for hydroxylation is 2. The van der Waals surface area contributed by atoms with Crippen LogP contribution in [-0.4, -0.2) is 14.9 Å². The van der Waals surface area contributed by atoms with E-state index in [2.05, 4.69) is 0 Å². The summed E-state index contributed by atoms with van der Waals surface area (Å²) in [5.74, 6) is 0.0956. The van der Waals surface area contributed by atoms with E-state index in [9.17, 15) is 9.59 Å². The quantitative estimate of drug-likeness (QED) is 0.716. The summed E-state index contributed by atoms with van der Waals surface area (Å²) in [5.41, 5.74) is 2.24. The van der Waals surface area contributed by atoms with Crippen LogP contribution in [0, 0.1) is 0 Å². The molecule has 0 amide bonds. The molecule has 0 saturated heterocycles. The molecule has 0 aliphatic carbocycles. The van der Waals surface area contributed by atoms with Crippen molar-refractivity contribution in [3.05, 3.63) is 34.2 Å². The van der Waals surface area contributed by atoms with Crippen LogP contribution >= 0.6 is 0 Å². The molecule has 1 heterocycles. The van der Waals surface area contributed by atoms with Gasteiger partial charge in [-0.3, -0.25) is 13.9 Å². The van der Waals surface area contributed by atoms with Gasteiger partial charge in [0.25, 0.3) is 0 Å². The fraction of sp³-hybridized carbons (Fsp3) is 0.333. The van der Waals surface area contributed by atoms with Crippen LogP contribution in [0.25, 0.3) is 11.0 Å². The van der Waals surface area contributed by atoms with E-state index in [1.165, 1.54) is 0 Å². The molecule has 0 fully saturated rings. The second-order valence-corrected chi connectivity index (χ2v) is 3.88. The fourth-order valence-electron chi connectivity index (χ4n) is 1.88. The minimum absolute atomic E-state index is 0.0731. The molecule has 0 atom stereocenters. The van der Waals surface area contributed by atoms with Gasteiger partial charge in [0, 0.05) is 26.1 Å². The maximum Gasteiger partial charge on any atom is 0.328 e. The number of hydrogen-bond donors (Lipinski definition) is 0. The Bertz CT molecular complexity index is 620. The minimum atomic E-state index is -0.0731. The van der Waals surface area contributed by atoms with Crippen LogP contribution in [-0.2, 0) is 14.1 Å². The van der Waals surface area contributed by atoms with Gasteiger partial charge in [-0.1, -0.05) is 6.92 Å². The lowest BCUT2D eigenvalue weighted by Crippen LogP contribution is -2.19. The third-order valence-electron chi connectivity index (χ3n) is 2.92. The predicted molar refractivity (Wildman–Crippen MR) is 62.8 cm³/mol. The number of carbonyl (C=O) groups excluding carboxylic acids is 1. The van der Waals surface area contributed by atoms with Crippen LogP contribution < -0.4 is 5.69 Å². The zero-order valence-electron chi connectivity index (χ0n) is 9.65. The number of imidazole rings is 1. The number of carbonyl (C=O) groups is 1. The summed E-state index contributed by atoms with van der Waals surface area (Å²) in [7, 11) is 3.44. The summed E-state index contributed by atoms with van der Waals surface area (Å²) in [6.07, 6.45) is 0.478. The third kappa shape index (κ3) is 1.38. The Labute approximate surface area is 93.1 Å². The van der Waals surface area contributed by atoms with Crippen molar-refractivity contribution in [3.63, 3.8) is 0 Å². The first-order valence-corrected chi connectivity index (χ1v) is 5.25. The van der Waals surface area contributed by atoms with E-state index in [0.29, 0.717) is 12.0 Å². The molecule has 2 aromatic rings. The molecule has 0 spiro atoms. The van der Waals surface area contributed by atoms with Crippen LogP contribution in [0.3, 0.4) is 0 Å². The normalized spacial score (nSPS) is 10.9. The number of benzene rings is 1. The lowest BCUT2D eigenvalue weighted by molar-refractivity contribution is 0.0988. The highest BCUT2D eigenvalue weighted by Gasteiger charge is 2.10. The third-order valence-corrected chi connectivity index (χ3v) is 2.92. The molecule has 0 saturated carbocycles. The Balaban J connectivity index is 2.76. The molecule has 1 aromatic heterocycles. The first kappa shape index (κ1) is 10.7. The number of nitrogens with zero attached hydrogens (tertiary/aromatic N) is 2. The number of hydrogen-bond acceptors (Lipinski definition) is 2. The monoisotopic (exact) mass is 218 g/mol. The largest absolute Gasteiger partial charge is 0.328 e. The van der Waals surface area contributed by atoms with E-state index < -0.39 is 0 Å². The lowest BCUT2D eigenvalue weighted by atomic mass is 10.1. The van der Waals surface area contributed by atoms with Crippen molar-refractivity contribution in [2.45, 2.75) is 13.3 Å². The summed E-state index contributed by atoms with van der Waals surface area (Å²) >= 11 is 0. The van der Waals surface area contributed by atoms with Crippen molar-refractivity contribution >= 4 is 16.8 Å². The van der Waals surface area contributed by atoms with Crippen molar-refractivity contribution in [2.24, 2.45) is 14.1 Å². The standard InChI is InChI=1S/C12H14N2O2/c1-4-11(15)8-5-6-9-10(7-8)14(3)12(16)13(9)2/h5-7H,4H2,1-3H3. The Hall–Kier alpha value is -1.84. The lowest BCUT2D eigenvalue weighted by Gasteiger charge is -1.99. The van der Waals surface area contributed by atoms with Crippen molar-refractivity contribution in [2.75, 3.05) is 0 Å². The van der Waals surface area contributed by atoms with Gasteiger partial charge in [-0.05, 0) is 18.2 Å². The molecule has 0 aliphatic heterocycles. The van der Waals surface area contributed by atoms with Gasteiger partial charge in [0.05, 0.1) is 11.0 Å². The molecular formula is C12H14N2O2. The molecule has 4 heteroatoms. The summed E-state index contributed by atoms with van der Waals surface area (Å²) < 4.78 is 3.14. The number of Topliss-reactive ketones (excluding diaryl/α,β-unsaturated/α-hetero) is 1. The average molecular weight is 218 g/mol. The van der Waals surface area contributed by atoms with E-state index in [0.717, 1.165) is 11.0 Å². The van der Waals surface area contributed by atoms with Gasteiger partial charge in [-0.2, -0.15) is 0 Å². The second kappa shape index (κ2) is 3.63. The fourth-order valence-corrected chi connectivity index (χ4v) is 1.88. The molecule has 0 N–H and O–H groups in total. The molecule has 1 aromatic carbocycles. The Morgan fingerprint density at radius 2 is 1.81 bits per heavy atom. The molecule has 16 heavy (non-hydrogen) atoms. The van der Waals surface area contributed by atoms with Crippen molar-refractivity contribution in [3.8, 4) is 0 Å². The van der Waals surface area contributed by atoms with Crippen molar-refractivity contribution in [1.29, 1.82) is 0 Å². The van der Waals surface area contributed by atoms with Crippen LogP contribution in [0.1, 0.15) is 23.7 Å². The summed E-state index contributed by atoms with van der Waals surface area (Å²) in [5, 5.41) is 0. The van der Waals surface area contributed by atoms with E-state index in [4.69, 9.17) is 0 Å². The van der Waals surface area contributed by atoms with Crippen LogP contribution in [0.2, 0.25) is 0 Å². The van der Waals surface area contributed by atoms with Crippen LogP contribution in [0.15, 0.2) is 23.0 Å². The first-order chi connectivity index (χ1) is 7.56. The van der Waals surface area contributed by atoms with Gasteiger partial charge in [0.2, 0.25) is 0 Å². The van der Waals surface area contributed by atoms with Crippen molar-refractivity contribution < 1.29 is 4.79 Å². The highest BCUT2D eigenvalue weighted by atomic mass is 16.1. The Morgan fingerprint density at radius 1 is 1.19 bits per heavy atom. The highest BCUT2D eigenvalue weighted by molar-refractivity contribution is 5.98. The van der Waals surface area contributed by atoms with Gasteiger partial charge in [0.1, 0.15) is 0 Å². The van der Waals surface area contributed by atoms with Gasteiger partial charge in [0.15, 0.2) is 5.78 Å². The molecule has 4 nitrogen and oxygen atoms in total. The maximum absolute atomic E-state index is 11.7. The summed E-state index contributed by atoms with van der Waals surface area (Å²) in [6, 6.07) is 5.37. The number of fused-ring (bicyclic) bond motifs is 1. The van der Waals surface area contributed by atoms with Gasteiger partial charge in [-0.25, -0.2) is 4.79 Å². The SMILES string of the molecule is CCC(=O)c1ccc2c(c1)n(C)c(=O)n2C. The molecule has 0 unspecified atom stereocenters. The molecule has 0 bridgehead atoms. The molecule has 2 rings (SSSR count). The van der Waals surface area contributed by atoms with Crippen molar-refractivity contribution in [1.82, 2.24) is 9.13 Å². The highest BCUT2D eigenvalue weighted by Crippen LogP contribution is 2.15. The van der Waals surface area contributed by atoms with E-state index >= 15 is 0 Å². The summed E-state index contributed by atoms with van der Waals surface area (Å²) in [6.45, 7) is 1.83. The number of rotatable bonds is 2. The number of aromatic nitrogens is 2. The molecular weight excluding hydrogens is 204 g/mol. The molecule has 84 valence electrons. The smallest absolute Gasteiger partial charge is 0.295 e. The number of ketones is 1. The zero-order valence-corrected chi connectivity index (χ0v) is 9.65. The summed E-state index contributed by atoms with van der Waals surface area (Å²) in [4.78, 5) is 23.2. The second-order valence-electron chi connectivity index (χ2n) is 3.88. The maximum atomic E-state index is 11.7. The topological polar surface area (TPSA) is 44.0 Å². The first-order valence-electron chi connectivity index (χ1n) is 5.25. The van der Waals surface area contributed by atoms with Gasteiger partial charge >= 0.3 is 5.69 Å². The van der Waals surface area contributed by atoms with Crippen LogP contribution in [0.5, 0.6) is 0 Å². The Morgan fingerprint density at radius 3 is 2.44 bits per heavy atom.